The van der Waals surface area contributed by atoms with E-state index in [9.17, 15) is 0 Å². The van der Waals surface area contributed by atoms with Gasteiger partial charge in [0, 0.05) is 0 Å². The van der Waals surface area contributed by atoms with Crippen LogP contribution in [0.15, 0.2) is 5.16 Å². The molecule has 36 heavy (non-hydrogen) atoms. The Kier molecular flexibility index (Phi) is 19.7. The van der Waals surface area contributed by atoms with Crippen LogP contribution in [0.25, 0.3) is 0 Å². The van der Waals surface area contributed by atoms with Gasteiger partial charge in [0.1, 0.15) is 19.3 Å². The van der Waals surface area contributed by atoms with Crippen LogP contribution < -0.4 is 11.6 Å². The Labute approximate surface area is 220 Å². The Hall–Kier alpha value is -1.93. The molecule has 0 heterocycles. The summed E-state index contributed by atoms with van der Waals surface area (Å²) in [6.45, 7) is 22.0. The minimum Gasteiger partial charge on any atom is -0.409 e. The predicted octanol–water partition coefficient (Wildman–Crippen LogP) is 3.66. The fourth-order valence-corrected chi connectivity index (χ4v) is 4.30. The Balaban J connectivity index is -0.000000569. The molecule has 0 spiro atoms. The first kappa shape index (κ1) is 38.6. The van der Waals surface area contributed by atoms with Gasteiger partial charge in [-0.3, -0.25) is 0 Å². The summed E-state index contributed by atoms with van der Waals surface area (Å²) in [6, 6.07) is 2.11. The van der Waals surface area contributed by atoms with Crippen molar-refractivity contribution >= 4 is 22.5 Å². The summed E-state index contributed by atoms with van der Waals surface area (Å²) >= 11 is 0. The van der Waals surface area contributed by atoms with Crippen molar-refractivity contribution in [3.05, 3.63) is 0 Å². The lowest BCUT2D eigenvalue weighted by Crippen LogP contribution is -2.49. The highest BCUT2D eigenvalue weighted by molar-refractivity contribution is 6.74. The number of hydrogen-bond acceptors (Lipinski definition) is 9. The fourth-order valence-electron chi connectivity index (χ4n) is 1.86. The molecule has 2 unspecified atom stereocenters. The predicted molar refractivity (Wildman–Crippen MR) is 148 cm³/mol. The summed E-state index contributed by atoms with van der Waals surface area (Å²) < 4.78 is 22.3. The quantitative estimate of drug-likeness (QED) is 0.0577. The second kappa shape index (κ2) is 18.3. The zero-order chi connectivity index (χ0) is 29.2. The second-order valence-electron chi connectivity index (χ2n) is 10.8. The molecule has 10 nitrogen and oxygen atoms in total. The van der Waals surface area contributed by atoms with Crippen LogP contribution in [-0.4, -0.2) is 71.5 Å². The van der Waals surface area contributed by atoms with E-state index in [0.29, 0.717) is 0 Å². The van der Waals surface area contributed by atoms with E-state index in [4.69, 9.17) is 52.6 Å². The van der Waals surface area contributed by atoms with E-state index in [0.717, 1.165) is 0 Å². The molecule has 0 saturated carbocycles. The van der Waals surface area contributed by atoms with Gasteiger partial charge in [0.15, 0.2) is 28.6 Å². The van der Waals surface area contributed by atoms with Gasteiger partial charge < -0.3 is 34.5 Å². The molecule has 0 aromatic heterocycles. The van der Waals surface area contributed by atoms with Crippen LogP contribution >= 0.6 is 0 Å². The number of ether oxygens (including phenoxy) is 2. The van der Waals surface area contributed by atoms with E-state index >= 15 is 0 Å². The Bertz CT molecular complexity index is 757. The molecule has 0 fully saturated rings. The third kappa shape index (κ3) is 15.9. The van der Waals surface area contributed by atoms with Crippen LogP contribution in [0.5, 0.6) is 0 Å². The Morgan fingerprint density at radius 3 is 1.61 bits per heavy atom. The molecule has 0 amide bonds. The highest BCUT2D eigenvalue weighted by atomic mass is 28.4. The molecule has 6 N–H and O–H groups in total. The van der Waals surface area contributed by atoms with Gasteiger partial charge in [0.25, 0.3) is 0 Å². The highest BCUT2D eigenvalue weighted by Gasteiger charge is 2.40. The highest BCUT2D eigenvalue weighted by Crippen LogP contribution is 2.38. The molecular weight excluding hydrogens is 496 g/mol. The summed E-state index contributed by atoms with van der Waals surface area (Å²) in [7, 11) is -3.91. The SMILES string of the molecule is C#CCOCC(C#N)O[Si](C)(C)C(C)(C)C.C#CCOCC(O[Si](C)(C)C(C)(C)C)/C(N)=N/O.NO. The number of nitriles is 1. The fraction of sp³-hybridized carbons (Fsp3) is 0.750. The van der Waals surface area contributed by atoms with Crippen molar-refractivity contribution in [1.29, 1.82) is 5.26 Å². The van der Waals surface area contributed by atoms with E-state index in [-0.39, 0.29) is 42.3 Å². The van der Waals surface area contributed by atoms with Crippen LogP contribution in [-0.2, 0) is 18.3 Å². The topological polar surface area (TPSA) is 166 Å². The summed E-state index contributed by atoms with van der Waals surface area (Å²) in [5.41, 5.74) is 5.62. The molecule has 0 aromatic carbocycles. The minimum atomic E-state index is -2.01. The van der Waals surface area contributed by atoms with E-state index in [1.54, 1.807) is 0 Å². The summed E-state index contributed by atoms with van der Waals surface area (Å²) in [5.74, 6) is 8.24. The molecule has 0 rings (SSSR count). The lowest BCUT2D eigenvalue weighted by atomic mass is 10.2. The maximum Gasteiger partial charge on any atom is 0.193 e. The van der Waals surface area contributed by atoms with Crippen molar-refractivity contribution in [3.63, 3.8) is 0 Å². The van der Waals surface area contributed by atoms with Gasteiger partial charge >= 0.3 is 0 Å². The number of nitrogens with zero attached hydrogens (tertiary/aromatic N) is 2. The van der Waals surface area contributed by atoms with Crippen molar-refractivity contribution in [3.8, 4) is 30.8 Å². The summed E-state index contributed by atoms with van der Waals surface area (Å²) in [5, 5.41) is 27.4. The average Bonchev–Trinajstić information content (AvgIpc) is 2.77. The third-order valence-electron chi connectivity index (χ3n) is 5.98. The smallest absolute Gasteiger partial charge is 0.193 e. The van der Waals surface area contributed by atoms with Crippen molar-refractivity contribution < 1.29 is 28.7 Å². The van der Waals surface area contributed by atoms with Crippen molar-refractivity contribution in [2.75, 3.05) is 26.4 Å². The lowest BCUT2D eigenvalue weighted by molar-refractivity contribution is 0.0861. The van der Waals surface area contributed by atoms with Gasteiger partial charge in [0.05, 0.1) is 19.3 Å². The van der Waals surface area contributed by atoms with Crippen molar-refractivity contribution in [2.45, 2.75) is 90.0 Å². The molecule has 0 aliphatic heterocycles. The normalized spacial score (nSPS) is 14.0. The zero-order valence-corrected chi connectivity index (χ0v) is 25.7. The summed E-state index contributed by atoms with van der Waals surface area (Å²) in [4.78, 5) is 0. The minimum absolute atomic E-state index is 0.0110. The van der Waals surface area contributed by atoms with Gasteiger partial charge in [0.2, 0.25) is 0 Å². The van der Waals surface area contributed by atoms with E-state index < -0.39 is 28.8 Å². The number of hydrogen-bond donors (Lipinski definition) is 4. The van der Waals surface area contributed by atoms with E-state index in [2.05, 4.69) is 96.7 Å². The van der Waals surface area contributed by atoms with Crippen LogP contribution in [0.4, 0.5) is 0 Å². The van der Waals surface area contributed by atoms with E-state index in [1.807, 2.05) is 0 Å². The lowest BCUT2D eigenvalue weighted by Gasteiger charge is -2.38. The number of amidine groups is 1. The van der Waals surface area contributed by atoms with Gasteiger partial charge in [-0.25, -0.2) is 5.90 Å². The Morgan fingerprint density at radius 1 is 0.889 bits per heavy atom. The summed E-state index contributed by atoms with van der Waals surface area (Å²) in [6.07, 6.45) is 9.08. The third-order valence-corrected chi connectivity index (χ3v) is 15.0. The standard InChI is InChI=1S/C12H24N2O3Si.C12H21NO2Si.H3NO/c1-7-8-16-9-10(11(13)14-15)17-18(5,6)12(2,3)4;1-7-8-14-10-11(9-13)15-16(5,6)12(2,3)4;1-2/h1,10,15H,8-9H2,2-6H3,(H2,13,14);1,11H,8,10H2,2-6H3;2H,1H2. The molecule has 0 radical (unpaired) electrons. The molecule has 0 bridgehead atoms. The van der Waals surface area contributed by atoms with Gasteiger partial charge in [-0.1, -0.05) is 58.5 Å². The molecule has 208 valence electrons. The Morgan fingerprint density at radius 2 is 1.28 bits per heavy atom. The molecule has 0 aliphatic rings. The van der Waals surface area contributed by atoms with Crippen LogP contribution in [0.1, 0.15) is 41.5 Å². The average molecular weight is 545 g/mol. The molecule has 0 aromatic rings. The maximum atomic E-state index is 8.97. The number of nitrogens with two attached hydrogens (primary N) is 2. The van der Waals surface area contributed by atoms with Crippen molar-refractivity contribution in [1.82, 2.24) is 0 Å². The second-order valence-corrected chi connectivity index (χ2v) is 20.3. The first-order valence-corrected chi connectivity index (χ1v) is 17.2. The first-order chi connectivity index (χ1) is 16.4. The van der Waals surface area contributed by atoms with Gasteiger partial charge in [-0.2, -0.15) is 5.26 Å². The monoisotopic (exact) mass is 544 g/mol. The largest absolute Gasteiger partial charge is 0.409 e. The van der Waals surface area contributed by atoms with Gasteiger partial charge in [-0.15, -0.1) is 12.8 Å². The number of oxime groups is 1. The van der Waals surface area contributed by atoms with Crippen LogP contribution in [0.2, 0.25) is 36.3 Å². The molecule has 12 heteroatoms. The first-order valence-electron chi connectivity index (χ1n) is 11.4. The molecular formula is C24H48N4O6Si2. The molecule has 2 atom stereocenters. The zero-order valence-electron chi connectivity index (χ0n) is 23.7. The molecule has 0 aliphatic carbocycles. The number of rotatable bonds is 11. The maximum absolute atomic E-state index is 8.97. The van der Waals surface area contributed by atoms with Crippen LogP contribution in [0.3, 0.4) is 0 Å². The number of terminal acetylenes is 2. The van der Waals surface area contributed by atoms with Gasteiger partial charge in [-0.05, 0) is 36.3 Å². The van der Waals surface area contributed by atoms with Crippen molar-refractivity contribution in [2.24, 2.45) is 16.8 Å². The molecule has 0 saturated heterocycles. The van der Waals surface area contributed by atoms with Crippen LogP contribution in [0, 0.1) is 36.0 Å². The van der Waals surface area contributed by atoms with E-state index in [1.165, 1.54) is 0 Å².